The number of nitrogens with zero attached hydrogens (tertiary/aromatic N) is 1. The van der Waals surface area contributed by atoms with E-state index in [4.69, 9.17) is 17.3 Å². The minimum Gasteiger partial charge on any atom is -0.321 e. The summed E-state index contributed by atoms with van der Waals surface area (Å²) >= 11 is 5.86. The number of aromatic nitrogens is 1. The largest absolute Gasteiger partial charge is 0.321 e. The van der Waals surface area contributed by atoms with Gasteiger partial charge in [-0.2, -0.15) is 0 Å². The van der Waals surface area contributed by atoms with E-state index in [1.165, 1.54) is 0 Å². The van der Waals surface area contributed by atoms with Crippen LogP contribution in [-0.4, -0.2) is 4.98 Å². The summed E-state index contributed by atoms with van der Waals surface area (Å²) in [5.41, 5.74) is 6.77. The third-order valence-corrected chi connectivity index (χ3v) is 2.39. The fraction of sp³-hybridized carbons (Fsp3) is 0.375. The molecule has 0 aromatic carbocycles. The molecule has 0 spiro atoms. The molecule has 3 heteroatoms. The van der Waals surface area contributed by atoms with Crippen molar-refractivity contribution in [2.75, 3.05) is 0 Å². The molecule has 2 rings (SSSR count). The highest BCUT2D eigenvalue weighted by atomic mass is 35.5. The third-order valence-electron chi connectivity index (χ3n) is 2.08. The summed E-state index contributed by atoms with van der Waals surface area (Å²) in [5, 5.41) is 0.549. The van der Waals surface area contributed by atoms with Crippen LogP contribution in [-0.2, 0) is 5.54 Å². The van der Waals surface area contributed by atoms with Crippen molar-refractivity contribution < 1.29 is 0 Å². The molecule has 2 N–H and O–H groups in total. The lowest BCUT2D eigenvalue weighted by atomic mass is 10.1. The number of rotatable bonds is 1. The minimum atomic E-state index is -0.161. The van der Waals surface area contributed by atoms with Crippen LogP contribution >= 0.6 is 11.6 Å². The van der Waals surface area contributed by atoms with Crippen molar-refractivity contribution in [3.63, 3.8) is 0 Å². The summed E-state index contributed by atoms with van der Waals surface area (Å²) in [5.74, 6) is 0. The summed E-state index contributed by atoms with van der Waals surface area (Å²) in [6.45, 7) is 0. The minimum absolute atomic E-state index is 0.161. The molecule has 58 valence electrons. The second-order valence-electron chi connectivity index (χ2n) is 3.00. The summed E-state index contributed by atoms with van der Waals surface area (Å²) in [7, 11) is 0. The molecule has 0 saturated heterocycles. The Hall–Kier alpha value is -0.600. The Bertz CT molecular complexity index is 281. The Morgan fingerprint density at radius 3 is 2.82 bits per heavy atom. The van der Waals surface area contributed by atoms with Gasteiger partial charge >= 0.3 is 0 Å². The van der Waals surface area contributed by atoms with E-state index in [1.807, 2.05) is 12.1 Å². The fourth-order valence-corrected chi connectivity index (χ4v) is 1.47. The zero-order valence-electron chi connectivity index (χ0n) is 6.05. The van der Waals surface area contributed by atoms with E-state index in [1.54, 1.807) is 6.20 Å². The van der Waals surface area contributed by atoms with E-state index >= 15 is 0 Å². The highest BCUT2D eigenvalue weighted by Crippen LogP contribution is 2.44. The summed E-state index contributed by atoms with van der Waals surface area (Å²) in [6, 6.07) is 3.82. The van der Waals surface area contributed by atoms with Gasteiger partial charge in [0.15, 0.2) is 0 Å². The number of halogens is 1. The van der Waals surface area contributed by atoms with Crippen molar-refractivity contribution in [3.05, 3.63) is 29.0 Å². The van der Waals surface area contributed by atoms with E-state index in [0.717, 1.165) is 18.4 Å². The zero-order chi connectivity index (χ0) is 7.90. The Morgan fingerprint density at radius 1 is 1.55 bits per heavy atom. The van der Waals surface area contributed by atoms with E-state index in [2.05, 4.69) is 4.98 Å². The normalized spacial score (nSPS) is 19.8. The van der Waals surface area contributed by atoms with Gasteiger partial charge in [-0.15, -0.1) is 0 Å². The lowest BCUT2D eigenvalue weighted by Gasteiger charge is -2.08. The van der Waals surface area contributed by atoms with Gasteiger partial charge in [0.2, 0.25) is 0 Å². The molecule has 1 heterocycles. The average molecular weight is 169 g/mol. The molecule has 1 aliphatic carbocycles. The Kier molecular flexibility index (Phi) is 1.41. The SMILES string of the molecule is NC1(c2cccnc2Cl)CC1. The van der Waals surface area contributed by atoms with E-state index in [9.17, 15) is 0 Å². The van der Waals surface area contributed by atoms with E-state index in [0.29, 0.717) is 5.15 Å². The standard InChI is InChI=1S/C8H9ClN2/c9-7-6(2-1-5-11-7)8(10)3-4-8/h1-2,5H,3-4,10H2. The molecule has 0 radical (unpaired) electrons. The van der Waals surface area contributed by atoms with Crippen molar-refractivity contribution in [2.45, 2.75) is 18.4 Å². The maximum atomic E-state index is 5.94. The van der Waals surface area contributed by atoms with E-state index in [-0.39, 0.29) is 5.54 Å². The van der Waals surface area contributed by atoms with Crippen LogP contribution < -0.4 is 5.73 Å². The van der Waals surface area contributed by atoms with Gasteiger partial charge in [-0.25, -0.2) is 4.98 Å². The highest BCUT2D eigenvalue weighted by Gasteiger charge is 2.41. The van der Waals surface area contributed by atoms with Crippen LogP contribution in [0.4, 0.5) is 0 Å². The van der Waals surface area contributed by atoms with Gasteiger partial charge in [-0.3, -0.25) is 0 Å². The van der Waals surface area contributed by atoms with E-state index < -0.39 is 0 Å². The molecule has 1 saturated carbocycles. The van der Waals surface area contributed by atoms with Gasteiger partial charge in [-0.1, -0.05) is 17.7 Å². The third kappa shape index (κ3) is 1.12. The Labute approximate surface area is 70.4 Å². The first-order valence-corrected chi connectivity index (χ1v) is 4.00. The quantitative estimate of drug-likeness (QED) is 0.649. The lowest BCUT2D eigenvalue weighted by Crippen LogP contribution is -2.19. The smallest absolute Gasteiger partial charge is 0.134 e. The average Bonchev–Trinajstić information content (AvgIpc) is 2.70. The lowest BCUT2D eigenvalue weighted by molar-refractivity contribution is 0.735. The second kappa shape index (κ2) is 2.19. The van der Waals surface area contributed by atoms with Crippen LogP contribution in [0, 0.1) is 0 Å². The number of pyridine rings is 1. The molecular formula is C8H9ClN2. The van der Waals surface area contributed by atoms with Crippen LogP contribution in [0.15, 0.2) is 18.3 Å². The van der Waals surface area contributed by atoms with Crippen molar-refractivity contribution in [1.82, 2.24) is 4.98 Å². The fourth-order valence-electron chi connectivity index (χ4n) is 1.16. The summed E-state index contributed by atoms with van der Waals surface area (Å²) in [6.07, 6.45) is 3.73. The Balaban J connectivity index is 2.45. The van der Waals surface area contributed by atoms with Gasteiger partial charge in [0, 0.05) is 17.3 Å². The van der Waals surface area contributed by atoms with Crippen LogP contribution in [0.1, 0.15) is 18.4 Å². The predicted molar refractivity (Wildman–Crippen MR) is 44.3 cm³/mol. The van der Waals surface area contributed by atoms with Crippen molar-refractivity contribution in [1.29, 1.82) is 0 Å². The first kappa shape index (κ1) is 7.07. The topological polar surface area (TPSA) is 38.9 Å². The molecule has 2 nitrogen and oxygen atoms in total. The predicted octanol–water partition coefficient (Wildman–Crippen LogP) is 1.68. The molecule has 0 aliphatic heterocycles. The Morgan fingerprint density at radius 2 is 2.27 bits per heavy atom. The monoisotopic (exact) mass is 168 g/mol. The number of hydrogen-bond donors (Lipinski definition) is 1. The molecule has 0 bridgehead atoms. The molecule has 1 aliphatic rings. The molecule has 11 heavy (non-hydrogen) atoms. The van der Waals surface area contributed by atoms with Gasteiger partial charge in [0.1, 0.15) is 5.15 Å². The first-order valence-electron chi connectivity index (χ1n) is 3.62. The summed E-state index contributed by atoms with van der Waals surface area (Å²) in [4.78, 5) is 3.97. The maximum Gasteiger partial charge on any atom is 0.134 e. The van der Waals surface area contributed by atoms with Gasteiger partial charge in [0.05, 0.1) is 0 Å². The zero-order valence-corrected chi connectivity index (χ0v) is 6.80. The number of nitrogens with two attached hydrogens (primary N) is 1. The molecule has 1 aromatic heterocycles. The van der Waals surface area contributed by atoms with Crippen molar-refractivity contribution in [3.8, 4) is 0 Å². The highest BCUT2D eigenvalue weighted by molar-refractivity contribution is 6.30. The van der Waals surface area contributed by atoms with Crippen LogP contribution in [0.3, 0.4) is 0 Å². The summed E-state index contributed by atoms with van der Waals surface area (Å²) < 4.78 is 0. The van der Waals surface area contributed by atoms with Crippen LogP contribution in [0.5, 0.6) is 0 Å². The van der Waals surface area contributed by atoms with Crippen molar-refractivity contribution >= 4 is 11.6 Å². The molecule has 0 amide bonds. The molecule has 1 fully saturated rings. The van der Waals surface area contributed by atoms with Gasteiger partial charge < -0.3 is 5.73 Å². The van der Waals surface area contributed by atoms with Gasteiger partial charge in [-0.05, 0) is 18.9 Å². The van der Waals surface area contributed by atoms with Crippen LogP contribution in [0.25, 0.3) is 0 Å². The molecule has 1 aromatic rings. The second-order valence-corrected chi connectivity index (χ2v) is 3.36. The first-order chi connectivity index (χ1) is 5.22. The molecule has 0 unspecified atom stereocenters. The number of hydrogen-bond acceptors (Lipinski definition) is 2. The van der Waals surface area contributed by atoms with Crippen molar-refractivity contribution in [2.24, 2.45) is 5.73 Å². The molecular weight excluding hydrogens is 160 g/mol. The molecule has 0 atom stereocenters. The van der Waals surface area contributed by atoms with Crippen LogP contribution in [0.2, 0.25) is 5.15 Å². The van der Waals surface area contributed by atoms with Gasteiger partial charge in [0.25, 0.3) is 0 Å². The maximum absolute atomic E-state index is 5.94.